The van der Waals surface area contributed by atoms with Crippen LogP contribution in [0, 0.1) is 11.7 Å². The molecule has 1 aliphatic heterocycles. The number of ether oxygens (including phenoxy) is 2. The molecule has 0 fully saturated rings. The second-order valence-electron chi connectivity index (χ2n) is 9.36. The fourth-order valence-corrected chi connectivity index (χ4v) is 5.64. The van der Waals surface area contributed by atoms with Gasteiger partial charge in [0.05, 0.1) is 25.7 Å². The Balaban J connectivity index is 1.84. The third kappa shape index (κ3) is 4.37. The van der Waals surface area contributed by atoms with Crippen molar-refractivity contribution in [2.75, 3.05) is 19.1 Å². The van der Waals surface area contributed by atoms with Gasteiger partial charge in [-0.3, -0.25) is 14.5 Å². The summed E-state index contributed by atoms with van der Waals surface area (Å²) in [7, 11) is 2.42. The fraction of sp³-hybridized carbons (Fsp3) is 0.194. The molecule has 1 heterocycles. The van der Waals surface area contributed by atoms with Gasteiger partial charge >= 0.3 is 11.9 Å². The molecule has 0 saturated carbocycles. The average Bonchev–Trinajstić information content (AvgIpc) is 2.97. The molecule has 0 aromatic heterocycles. The van der Waals surface area contributed by atoms with Gasteiger partial charge < -0.3 is 15.2 Å². The summed E-state index contributed by atoms with van der Waals surface area (Å²) in [5.74, 6) is -5.64. The summed E-state index contributed by atoms with van der Waals surface area (Å²) in [6, 6.07) is 24.1. The number of hydrogen-bond acceptors (Lipinski definition) is 7. The molecule has 39 heavy (non-hydrogen) atoms. The number of rotatable bonds is 5. The van der Waals surface area contributed by atoms with Crippen molar-refractivity contribution in [3.8, 4) is 0 Å². The first-order valence-corrected chi connectivity index (χ1v) is 12.5. The molecular weight excluding hydrogens is 499 g/mol. The van der Waals surface area contributed by atoms with Gasteiger partial charge in [0.15, 0.2) is 5.78 Å². The summed E-state index contributed by atoms with van der Waals surface area (Å²) in [4.78, 5) is 42.5. The maximum atomic E-state index is 15.4. The zero-order valence-corrected chi connectivity index (χ0v) is 21.5. The van der Waals surface area contributed by atoms with Crippen LogP contribution in [0.1, 0.15) is 29.4 Å². The molecule has 0 unspecified atom stereocenters. The van der Waals surface area contributed by atoms with E-state index in [0.717, 1.165) is 5.56 Å². The number of Topliss-reactive ketones (excluding diaryl/α,β-unsaturated/α-hetero) is 1. The fourth-order valence-electron chi connectivity index (χ4n) is 5.64. The van der Waals surface area contributed by atoms with Gasteiger partial charge in [0.25, 0.3) is 0 Å². The lowest BCUT2D eigenvalue weighted by Gasteiger charge is -2.44. The van der Waals surface area contributed by atoms with Crippen LogP contribution in [-0.4, -0.2) is 31.9 Å². The number of ketones is 1. The molecule has 3 atom stereocenters. The Morgan fingerprint density at radius 2 is 1.51 bits per heavy atom. The average molecular weight is 527 g/mol. The maximum Gasteiger partial charge on any atom is 0.338 e. The van der Waals surface area contributed by atoms with Crippen molar-refractivity contribution in [1.29, 1.82) is 0 Å². The van der Waals surface area contributed by atoms with E-state index in [1.807, 2.05) is 36.4 Å². The highest BCUT2D eigenvalue weighted by atomic mass is 19.1. The van der Waals surface area contributed by atoms with Gasteiger partial charge in [-0.05, 0) is 30.2 Å². The van der Waals surface area contributed by atoms with E-state index in [9.17, 15) is 14.4 Å². The standard InChI is InChI=1S/C31H27FN2O5/c1-38-30(36)25-21(18-11-5-3-6-12-18)17-23-26(28(25)35)24(20-15-9-10-16-22(20)32)27(31(37)39-2)29(33)34(23)19-13-7-4-8-14-19/h3-16,21,24-25H,17,33H2,1-2H3/t21-,24-,25+/m0/s1. The summed E-state index contributed by atoms with van der Waals surface area (Å²) >= 11 is 0. The number of allylic oxidation sites excluding steroid dienone is 2. The minimum absolute atomic E-state index is 0.0242. The number of carbonyl (C=O) groups excluding carboxylic acids is 3. The molecule has 0 bridgehead atoms. The summed E-state index contributed by atoms with van der Waals surface area (Å²) in [6.07, 6.45) is 0.208. The number of methoxy groups -OCH3 is 2. The Morgan fingerprint density at radius 1 is 0.897 bits per heavy atom. The number of nitrogens with two attached hydrogens (primary N) is 1. The molecule has 5 rings (SSSR count). The van der Waals surface area contributed by atoms with Gasteiger partial charge in [-0.2, -0.15) is 0 Å². The lowest BCUT2D eigenvalue weighted by Crippen LogP contribution is -2.46. The van der Waals surface area contributed by atoms with Crippen LogP contribution in [0.25, 0.3) is 0 Å². The van der Waals surface area contributed by atoms with Gasteiger partial charge in [-0.1, -0.05) is 66.7 Å². The van der Waals surface area contributed by atoms with E-state index >= 15 is 4.39 Å². The van der Waals surface area contributed by atoms with E-state index in [1.54, 1.807) is 35.2 Å². The van der Waals surface area contributed by atoms with Crippen molar-refractivity contribution in [3.63, 3.8) is 0 Å². The SMILES string of the molecule is COC(=O)C1=C(N)N(c2ccccc2)C2=C(C(=O)[C@H](C(=O)OC)[C@H](c3ccccc3)C2)[C@@H]1c1ccccc1F. The van der Waals surface area contributed by atoms with Gasteiger partial charge in [-0.15, -0.1) is 0 Å². The number of anilines is 1. The highest BCUT2D eigenvalue weighted by Gasteiger charge is 2.51. The molecule has 8 heteroatoms. The first-order valence-electron chi connectivity index (χ1n) is 12.5. The Bertz CT molecular complexity index is 1500. The monoisotopic (exact) mass is 526 g/mol. The van der Waals surface area contributed by atoms with Crippen LogP contribution >= 0.6 is 0 Å². The summed E-state index contributed by atoms with van der Waals surface area (Å²) < 4.78 is 25.5. The smallest absolute Gasteiger partial charge is 0.338 e. The second kappa shape index (κ2) is 10.6. The Morgan fingerprint density at radius 3 is 2.13 bits per heavy atom. The Labute approximate surface area is 225 Å². The number of para-hydroxylation sites is 1. The van der Waals surface area contributed by atoms with Crippen LogP contribution in [0.2, 0.25) is 0 Å². The number of hydrogen-bond donors (Lipinski definition) is 1. The zero-order valence-electron chi connectivity index (χ0n) is 21.5. The lowest BCUT2D eigenvalue weighted by molar-refractivity contribution is -0.150. The van der Waals surface area contributed by atoms with Gasteiger partial charge in [0.2, 0.25) is 0 Å². The van der Waals surface area contributed by atoms with Crippen LogP contribution in [0.15, 0.2) is 108 Å². The highest BCUT2D eigenvalue weighted by molar-refractivity contribution is 6.14. The maximum absolute atomic E-state index is 15.4. The number of esters is 2. The summed E-state index contributed by atoms with van der Waals surface area (Å²) in [6.45, 7) is 0. The molecule has 2 N–H and O–H groups in total. The van der Waals surface area contributed by atoms with Crippen molar-refractivity contribution in [3.05, 3.63) is 125 Å². The minimum Gasteiger partial charge on any atom is -0.468 e. The van der Waals surface area contributed by atoms with Crippen molar-refractivity contribution in [1.82, 2.24) is 0 Å². The van der Waals surface area contributed by atoms with Crippen molar-refractivity contribution < 1.29 is 28.2 Å². The first-order chi connectivity index (χ1) is 18.9. The summed E-state index contributed by atoms with van der Waals surface area (Å²) in [5.41, 5.74) is 8.68. The van der Waals surface area contributed by atoms with Gasteiger partial charge in [0, 0.05) is 28.4 Å². The Hall–Kier alpha value is -4.72. The topological polar surface area (TPSA) is 98.9 Å². The molecule has 3 aromatic rings. The molecule has 0 radical (unpaired) electrons. The molecule has 1 aliphatic carbocycles. The van der Waals surface area contributed by atoms with Crippen LogP contribution in [0.3, 0.4) is 0 Å². The molecule has 0 spiro atoms. The third-order valence-corrected chi connectivity index (χ3v) is 7.36. The third-order valence-electron chi connectivity index (χ3n) is 7.36. The molecule has 3 aromatic carbocycles. The van der Waals surface area contributed by atoms with Crippen LogP contribution in [0.5, 0.6) is 0 Å². The predicted molar refractivity (Wildman–Crippen MR) is 143 cm³/mol. The van der Waals surface area contributed by atoms with E-state index in [-0.39, 0.29) is 29.0 Å². The van der Waals surface area contributed by atoms with Crippen molar-refractivity contribution in [2.24, 2.45) is 11.7 Å². The van der Waals surface area contributed by atoms with Gasteiger partial charge in [-0.25, -0.2) is 9.18 Å². The number of halogens is 1. The summed E-state index contributed by atoms with van der Waals surface area (Å²) in [5, 5.41) is 0. The molecule has 7 nitrogen and oxygen atoms in total. The Kier molecular flexibility index (Phi) is 7.02. The highest BCUT2D eigenvalue weighted by Crippen LogP contribution is 2.51. The number of nitrogens with zero attached hydrogens (tertiary/aromatic N) is 1. The quantitative estimate of drug-likeness (QED) is 0.384. The second-order valence-corrected chi connectivity index (χ2v) is 9.36. The van der Waals surface area contributed by atoms with Crippen molar-refractivity contribution in [2.45, 2.75) is 18.3 Å². The van der Waals surface area contributed by atoms with Crippen molar-refractivity contribution >= 4 is 23.4 Å². The number of benzene rings is 3. The van der Waals surface area contributed by atoms with Crippen LogP contribution < -0.4 is 10.6 Å². The van der Waals surface area contributed by atoms with Crippen LogP contribution in [-0.2, 0) is 23.9 Å². The molecule has 2 aliphatic rings. The predicted octanol–water partition coefficient (Wildman–Crippen LogP) is 4.57. The lowest BCUT2D eigenvalue weighted by atomic mass is 9.67. The minimum atomic E-state index is -1.21. The largest absolute Gasteiger partial charge is 0.468 e. The normalized spacial score (nSPS) is 20.9. The van der Waals surface area contributed by atoms with E-state index in [0.29, 0.717) is 11.4 Å². The van der Waals surface area contributed by atoms with E-state index in [4.69, 9.17) is 15.2 Å². The zero-order chi connectivity index (χ0) is 27.7. The van der Waals surface area contributed by atoms with E-state index < -0.39 is 41.3 Å². The van der Waals surface area contributed by atoms with E-state index in [2.05, 4.69) is 0 Å². The first kappa shape index (κ1) is 25.9. The molecule has 0 saturated heterocycles. The molecular formula is C31H27FN2O5. The molecule has 198 valence electrons. The van der Waals surface area contributed by atoms with Crippen LogP contribution in [0.4, 0.5) is 10.1 Å². The van der Waals surface area contributed by atoms with E-state index in [1.165, 1.54) is 32.4 Å². The number of carbonyl (C=O) groups is 3. The van der Waals surface area contributed by atoms with Gasteiger partial charge in [0.1, 0.15) is 17.6 Å². The molecule has 0 amide bonds.